The van der Waals surface area contributed by atoms with Crippen molar-refractivity contribution in [2.24, 2.45) is 0 Å². The van der Waals surface area contributed by atoms with Crippen molar-refractivity contribution in [3.05, 3.63) is 44.8 Å². The van der Waals surface area contributed by atoms with Crippen LogP contribution >= 0.6 is 22.7 Å². The van der Waals surface area contributed by atoms with Crippen molar-refractivity contribution in [2.45, 2.75) is 12.1 Å². The van der Waals surface area contributed by atoms with Crippen molar-refractivity contribution < 1.29 is 0 Å². The summed E-state index contributed by atoms with van der Waals surface area (Å²) in [5.74, 6) is 0. The number of nitrogens with one attached hydrogen (secondary N) is 2. The zero-order chi connectivity index (χ0) is 11.4. The third-order valence-corrected chi connectivity index (χ3v) is 4.57. The van der Waals surface area contributed by atoms with Crippen molar-refractivity contribution in [3.63, 3.8) is 0 Å². The Labute approximate surface area is 104 Å². The first-order valence-electron chi connectivity index (χ1n) is 5.28. The van der Waals surface area contributed by atoms with E-state index in [1.54, 1.807) is 22.7 Å². The zero-order valence-electron chi connectivity index (χ0n) is 9.44. The third kappa shape index (κ3) is 2.35. The predicted molar refractivity (Wildman–Crippen MR) is 72.2 cm³/mol. The Hall–Kier alpha value is -0.680. The molecule has 0 saturated carbocycles. The Balaban J connectivity index is 2.25. The second-order valence-electron chi connectivity index (χ2n) is 3.56. The number of hydrogen-bond donors (Lipinski definition) is 2. The van der Waals surface area contributed by atoms with Gasteiger partial charge in [0, 0.05) is 9.75 Å². The molecule has 2 rings (SSSR count). The lowest BCUT2D eigenvalue weighted by Crippen LogP contribution is -2.30. The zero-order valence-corrected chi connectivity index (χ0v) is 11.1. The molecule has 2 heterocycles. The SMILES string of the molecule is CN[C@H](c1cccs1)[C@@H](NC)c1cccs1. The van der Waals surface area contributed by atoms with Crippen LogP contribution in [0.3, 0.4) is 0 Å². The maximum absolute atomic E-state index is 3.40. The van der Waals surface area contributed by atoms with Gasteiger partial charge in [0.25, 0.3) is 0 Å². The fourth-order valence-corrected chi connectivity index (χ4v) is 3.63. The molecule has 0 amide bonds. The summed E-state index contributed by atoms with van der Waals surface area (Å²) in [6, 6.07) is 9.25. The molecule has 86 valence electrons. The van der Waals surface area contributed by atoms with Gasteiger partial charge in [0.2, 0.25) is 0 Å². The first-order chi connectivity index (χ1) is 7.86. The fraction of sp³-hybridized carbons (Fsp3) is 0.333. The molecule has 0 spiro atoms. The van der Waals surface area contributed by atoms with Gasteiger partial charge in [-0.2, -0.15) is 0 Å². The van der Waals surface area contributed by atoms with Gasteiger partial charge in [0.05, 0.1) is 12.1 Å². The Morgan fingerprint density at radius 3 is 1.56 bits per heavy atom. The summed E-state index contributed by atoms with van der Waals surface area (Å²) in [4.78, 5) is 2.74. The molecule has 0 aliphatic rings. The van der Waals surface area contributed by atoms with E-state index in [0.717, 1.165) is 0 Å². The summed E-state index contributed by atoms with van der Waals surface area (Å²) in [6.45, 7) is 0. The molecule has 0 radical (unpaired) electrons. The molecule has 2 N–H and O–H groups in total. The Bertz CT molecular complexity index is 354. The summed E-state index contributed by atoms with van der Waals surface area (Å²) in [7, 11) is 4.03. The Kier molecular flexibility index (Phi) is 4.12. The molecule has 0 aromatic carbocycles. The second kappa shape index (κ2) is 5.59. The highest BCUT2D eigenvalue weighted by atomic mass is 32.1. The fourth-order valence-electron chi connectivity index (χ4n) is 1.88. The molecule has 2 aromatic rings. The lowest BCUT2D eigenvalue weighted by Gasteiger charge is -2.24. The van der Waals surface area contributed by atoms with Gasteiger partial charge in [0.15, 0.2) is 0 Å². The highest BCUT2D eigenvalue weighted by molar-refractivity contribution is 7.10. The molecule has 0 aliphatic heterocycles. The lowest BCUT2D eigenvalue weighted by atomic mass is 10.1. The molecule has 2 nitrogen and oxygen atoms in total. The minimum absolute atomic E-state index is 0.337. The van der Waals surface area contributed by atoms with Gasteiger partial charge in [0.1, 0.15) is 0 Å². The van der Waals surface area contributed by atoms with Crippen LogP contribution in [-0.2, 0) is 0 Å². The highest BCUT2D eigenvalue weighted by Crippen LogP contribution is 2.32. The smallest absolute Gasteiger partial charge is 0.0618 e. The van der Waals surface area contributed by atoms with Crippen LogP contribution in [0.15, 0.2) is 35.0 Å². The molecule has 0 fully saturated rings. The highest BCUT2D eigenvalue weighted by Gasteiger charge is 2.23. The van der Waals surface area contributed by atoms with E-state index in [9.17, 15) is 0 Å². The van der Waals surface area contributed by atoms with E-state index in [2.05, 4.69) is 45.7 Å². The minimum atomic E-state index is 0.337. The largest absolute Gasteiger partial charge is 0.311 e. The van der Waals surface area contributed by atoms with Crippen LogP contribution in [0.5, 0.6) is 0 Å². The van der Waals surface area contributed by atoms with E-state index in [-0.39, 0.29) is 0 Å². The van der Waals surface area contributed by atoms with Crippen LogP contribution in [0.25, 0.3) is 0 Å². The standard InChI is InChI=1S/C12H16N2S2/c1-13-11(9-5-3-7-15-9)12(14-2)10-6-4-8-16-10/h3-8,11-14H,1-2H3/t11-,12+. The molecule has 2 aromatic heterocycles. The van der Waals surface area contributed by atoms with Crippen molar-refractivity contribution >= 4 is 22.7 Å². The molecule has 4 heteroatoms. The molecule has 0 aliphatic carbocycles. The Morgan fingerprint density at radius 1 is 0.875 bits per heavy atom. The van der Waals surface area contributed by atoms with Crippen molar-refractivity contribution in [1.29, 1.82) is 0 Å². The van der Waals surface area contributed by atoms with Crippen molar-refractivity contribution in [1.82, 2.24) is 10.6 Å². The van der Waals surface area contributed by atoms with Gasteiger partial charge in [-0.05, 0) is 37.0 Å². The number of rotatable bonds is 5. The van der Waals surface area contributed by atoms with Gasteiger partial charge in [-0.15, -0.1) is 22.7 Å². The van der Waals surface area contributed by atoms with Crippen molar-refractivity contribution in [2.75, 3.05) is 14.1 Å². The molecular weight excluding hydrogens is 236 g/mol. The first-order valence-corrected chi connectivity index (χ1v) is 7.04. The molecular formula is C12H16N2S2. The molecule has 2 atom stereocenters. The average Bonchev–Trinajstić information content (AvgIpc) is 2.97. The predicted octanol–water partition coefficient (Wildman–Crippen LogP) is 3.03. The number of thiophene rings is 2. The molecule has 0 saturated heterocycles. The van der Waals surface area contributed by atoms with Gasteiger partial charge < -0.3 is 10.6 Å². The summed E-state index contributed by atoms with van der Waals surface area (Å²) in [5.41, 5.74) is 0. The second-order valence-corrected chi connectivity index (χ2v) is 5.52. The van der Waals surface area contributed by atoms with Gasteiger partial charge >= 0.3 is 0 Å². The summed E-state index contributed by atoms with van der Waals surface area (Å²) < 4.78 is 0. The van der Waals surface area contributed by atoms with E-state index in [0.29, 0.717) is 12.1 Å². The van der Waals surface area contributed by atoms with E-state index in [1.165, 1.54) is 9.75 Å². The maximum Gasteiger partial charge on any atom is 0.0618 e. The van der Waals surface area contributed by atoms with Crippen LogP contribution in [0.4, 0.5) is 0 Å². The van der Waals surface area contributed by atoms with Crippen LogP contribution in [0.1, 0.15) is 21.8 Å². The summed E-state index contributed by atoms with van der Waals surface area (Å²) >= 11 is 3.60. The van der Waals surface area contributed by atoms with Crippen LogP contribution in [0.2, 0.25) is 0 Å². The van der Waals surface area contributed by atoms with E-state index in [1.807, 2.05) is 14.1 Å². The Morgan fingerprint density at radius 2 is 1.31 bits per heavy atom. The number of hydrogen-bond acceptors (Lipinski definition) is 4. The summed E-state index contributed by atoms with van der Waals surface area (Å²) in [5, 5.41) is 11.0. The first kappa shape index (κ1) is 11.8. The molecule has 0 bridgehead atoms. The van der Waals surface area contributed by atoms with Crippen LogP contribution < -0.4 is 10.6 Å². The minimum Gasteiger partial charge on any atom is -0.311 e. The van der Waals surface area contributed by atoms with E-state index >= 15 is 0 Å². The van der Waals surface area contributed by atoms with Gasteiger partial charge in [-0.3, -0.25) is 0 Å². The normalized spacial score (nSPS) is 14.9. The van der Waals surface area contributed by atoms with Gasteiger partial charge in [-0.25, -0.2) is 0 Å². The molecule has 16 heavy (non-hydrogen) atoms. The van der Waals surface area contributed by atoms with Crippen LogP contribution in [-0.4, -0.2) is 14.1 Å². The lowest BCUT2D eigenvalue weighted by molar-refractivity contribution is 0.444. The quantitative estimate of drug-likeness (QED) is 0.854. The topological polar surface area (TPSA) is 24.1 Å². The van der Waals surface area contributed by atoms with E-state index < -0.39 is 0 Å². The average molecular weight is 252 g/mol. The third-order valence-electron chi connectivity index (χ3n) is 2.65. The molecule has 0 unspecified atom stereocenters. The maximum atomic E-state index is 3.40. The van der Waals surface area contributed by atoms with E-state index in [4.69, 9.17) is 0 Å². The van der Waals surface area contributed by atoms with Gasteiger partial charge in [-0.1, -0.05) is 12.1 Å². The van der Waals surface area contributed by atoms with Crippen LogP contribution in [0, 0.1) is 0 Å². The van der Waals surface area contributed by atoms with Crippen molar-refractivity contribution in [3.8, 4) is 0 Å². The monoisotopic (exact) mass is 252 g/mol. The number of likely N-dealkylation sites (N-methyl/N-ethyl adjacent to an activating group) is 2. The summed E-state index contributed by atoms with van der Waals surface area (Å²) in [6.07, 6.45) is 0.